The van der Waals surface area contributed by atoms with Gasteiger partial charge in [-0.1, -0.05) is 0 Å². The first-order valence-corrected chi connectivity index (χ1v) is 5.30. The van der Waals surface area contributed by atoms with Crippen LogP contribution in [0.4, 0.5) is 13.2 Å². The van der Waals surface area contributed by atoms with Crippen LogP contribution in [-0.2, 0) is 6.30 Å². The van der Waals surface area contributed by atoms with E-state index >= 15 is 0 Å². The summed E-state index contributed by atoms with van der Waals surface area (Å²) >= 11 is -0.966. The first-order valence-electron chi connectivity index (χ1n) is 3.68. The molecule has 0 aliphatic heterocycles. The van der Waals surface area contributed by atoms with Crippen LogP contribution in [0, 0.1) is 0 Å². The van der Waals surface area contributed by atoms with Crippen LogP contribution in [0.1, 0.15) is 0 Å². The van der Waals surface area contributed by atoms with Crippen molar-refractivity contribution in [1.29, 1.82) is 0 Å². The first-order chi connectivity index (χ1) is 6.50. The number of rotatable bonds is 0. The summed E-state index contributed by atoms with van der Waals surface area (Å²) in [6, 6.07) is 6.17. The Bertz CT molecular complexity index is 525. The monoisotopic (exact) mass is 267 g/mol. The van der Waals surface area contributed by atoms with Crippen LogP contribution < -0.4 is 5.56 Å². The molecule has 0 bridgehead atoms. The van der Waals surface area contributed by atoms with Crippen LogP contribution in [0.2, 0.25) is 0 Å². The number of aromatic nitrogens is 1. The second kappa shape index (κ2) is 3.00. The topological polar surface area (TPSA) is 22.0 Å². The molecule has 2 rings (SSSR count). The number of hydrogen-bond donors (Lipinski definition) is 0. The number of benzene rings is 1. The Kier molecular flexibility index (Phi) is 2.05. The second-order valence-electron chi connectivity index (χ2n) is 2.65. The van der Waals surface area contributed by atoms with Gasteiger partial charge in [0.25, 0.3) is 0 Å². The summed E-state index contributed by atoms with van der Waals surface area (Å²) in [4.78, 5) is 11.3. The van der Waals surface area contributed by atoms with Crippen molar-refractivity contribution in [2.24, 2.45) is 0 Å². The molecule has 0 unspecified atom stereocenters. The molecule has 0 spiro atoms. The van der Waals surface area contributed by atoms with Gasteiger partial charge in [0.05, 0.1) is 0 Å². The summed E-state index contributed by atoms with van der Waals surface area (Å²) in [5, 5.41) is 0.171. The van der Waals surface area contributed by atoms with Crippen LogP contribution in [0.25, 0.3) is 9.65 Å². The third-order valence-corrected chi connectivity index (χ3v) is 4.05. The summed E-state index contributed by atoms with van der Waals surface area (Å²) in [7, 11) is 0. The number of hydrogen-bond acceptors (Lipinski definition) is 1. The van der Waals surface area contributed by atoms with Gasteiger partial charge in [-0.2, -0.15) is 0 Å². The van der Waals surface area contributed by atoms with Gasteiger partial charge in [-0.15, -0.1) is 0 Å². The van der Waals surface area contributed by atoms with Gasteiger partial charge in [0.1, 0.15) is 0 Å². The van der Waals surface area contributed by atoms with E-state index in [1.54, 1.807) is 18.2 Å². The van der Waals surface area contributed by atoms with Gasteiger partial charge in [-0.25, -0.2) is 0 Å². The Morgan fingerprint density at radius 2 is 1.86 bits per heavy atom. The van der Waals surface area contributed by atoms with E-state index in [2.05, 4.69) is 0 Å². The fourth-order valence-corrected chi connectivity index (χ4v) is 2.97. The summed E-state index contributed by atoms with van der Waals surface area (Å²) in [5.41, 5.74) is -0.937. The normalized spacial score (nSPS) is 12.2. The summed E-state index contributed by atoms with van der Waals surface area (Å²) in [6.45, 7) is 0. The zero-order valence-electron chi connectivity index (χ0n) is 6.71. The molecule has 0 saturated heterocycles. The maximum atomic E-state index is 12.3. The molecule has 0 aliphatic carbocycles. The number of halogens is 3. The molecule has 0 aliphatic rings. The van der Waals surface area contributed by atoms with Gasteiger partial charge < -0.3 is 0 Å². The van der Waals surface area contributed by atoms with Gasteiger partial charge in [-0.3, -0.25) is 0 Å². The molecule has 0 fully saturated rings. The second-order valence-corrected chi connectivity index (χ2v) is 4.73. The predicted octanol–water partition coefficient (Wildman–Crippen LogP) is 1.53. The molecule has 1 aromatic heterocycles. The molecule has 0 saturated carbocycles. The van der Waals surface area contributed by atoms with Crippen LogP contribution in [0.15, 0.2) is 29.1 Å². The fourth-order valence-electron chi connectivity index (χ4n) is 1.14. The summed E-state index contributed by atoms with van der Waals surface area (Å²) < 4.78 is 37.4. The molecule has 6 heteroatoms. The van der Waals surface area contributed by atoms with Crippen LogP contribution in [0.3, 0.4) is 0 Å². The predicted molar refractivity (Wildman–Crippen MR) is 46.4 cm³/mol. The van der Waals surface area contributed by atoms with Crippen LogP contribution in [-0.4, -0.2) is 18.3 Å². The van der Waals surface area contributed by atoms with E-state index in [0.717, 1.165) is 0 Å². The van der Waals surface area contributed by atoms with Gasteiger partial charge in [0, 0.05) is 0 Å². The Hall–Kier alpha value is -1.00. The fraction of sp³-hybridized carbons (Fsp3) is 0.125. The third-order valence-electron chi connectivity index (χ3n) is 1.72. The number of fused-ring (bicyclic) bond motifs is 1. The standard InChI is InChI=1S/C8H4F3NOSe/c9-8(10,11)12-7(13)5-3-1-2-4-6(5)14-12/h1-4H. The molecule has 74 valence electrons. The molecule has 1 aromatic carbocycles. The third kappa shape index (κ3) is 1.40. The van der Waals surface area contributed by atoms with Gasteiger partial charge in [0.15, 0.2) is 0 Å². The van der Waals surface area contributed by atoms with E-state index in [0.29, 0.717) is 4.26 Å². The van der Waals surface area contributed by atoms with Crippen molar-refractivity contribution in [3.8, 4) is 0 Å². The number of nitrogens with zero attached hydrogens (tertiary/aromatic N) is 1. The van der Waals surface area contributed by atoms with E-state index < -0.39 is 26.6 Å². The molecule has 2 nitrogen and oxygen atoms in total. The Balaban J connectivity index is 2.82. The minimum atomic E-state index is -4.56. The van der Waals surface area contributed by atoms with Crippen molar-refractivity contribution in [1.82, 2.24) is 3.56 Å². The maximum absolute atomic E-state index is 12.3. The van der Waals surface area contributed by atoms with Crippen LogP contribution >= 0.6 is 0 Å². The van der Waals surface area contributed by atoms with Gasteiger partial charge in [-0.05, 0) is 0 Å². The zero-order valence-corrected chi connectivity index (χ0v) is 8.42. The van der Waals surface area contributed by atoms with E-state index in [4.69, 9.17) is 0 Å². The number of alkyl halides is 3. The Morgan fingerprint density at radius 3 is 2.43 bits per heavy atom. The minimum absolute atomic E-state index is 0.0231. The molecule has 0 N–H and O–H groups in total. The first kappa shape index (κ1) is 9.55. The Labute approximate surface area is 82.5 Å². The molecule has 0 amide bonds. The average Bonchev–Trinajstić information content (AvgIpc) is 2.44. The molecule has 0 radical (unpaired) electrons. The van der Waals surface area contributed by atoms with E-state index in [9.17, 15) is 18.0 Å². The van der Waals surface area contributed by atoms with E-state index in [1.807, 2.05) is 0 Å². The quantitative estimate of drug-likeness (QED) is 0.663. The molecule has 0 atom stereocenters. The SMILES string of the molecule is O=c1c2ccccc2[se]n1C(F)(F)F. The average molecular weight is 266 g/mol. The van der Waals surface area contributed by atoms with E-state index in [-0.39, 0.29) is 8.95 Å². The van der Waals surface area contributed by atoms with Crippen molar-refractivity contribution in [3.05, 3.63) is 34.6 Å². The molecular formula is C8H4F3NOSe. The van der Waals surface area contributed by atoms with Crippen molar-refractivity contribution < 1.29 is 13.2 Å². The molecule has 1 heterocycles. The zero-order chi connectivity index (χ0) is 10.3. The molecular weight excluding hydrogens is 262 g/mol. The van der Waals surface area contributed by atoms with Crippen molar-refractivity contribution >= 4 is 24.4 Å². The van der Waals surface area contributed by atoms with Crippen molar-refractivity contribution in [3.63, 3.8) is 0 Å². The van der Waals surface area contributed by atoms with Crippen molar-refractivity contribution in [2.75, 3.05) is 0 Å². The Morgan fingerprint density at radius 1 is 1.21 bits per heavy atom. The van der Waals surface area contributed by atoms with E-state index in [1.165, 1.54) is 6.07 Å². The molecule has 2 aromatic rings. The summed E-state index contributed by atoms with van der Waals surface area (Å²) in [6.07, 6.45) is -4.56. The summed E-state index contributed by atoms with van der Waals surface area (Å²) in [5.74, 6) is 0. The van der Waals surface area contributed by atoms with Crippen molar-refractivity contribution in [2.45, 2.75) is 6.30 Å². The molecule has 14 heavy (non-hydrogen) atoms. The van der Waals surface area contributed by atoms with Crippen LogP contribution in [0.5, 0.6) is 0 Å². The van der Waals surface area contributed by atoms with Gasteiger partial charge >= 0.3 is 82.0 Å². The van der Waals surface area contributed by atoms with Gasteiger partial charge in [0.2, 0.25) is 0 Å².